The van der Waals surface area contributed by atoms with Crippen LogP contribution >= 0.6 is 0 Å². The molecule has 0 aliphatic carbocycles. The van der Waals surface area contributed by atoms with Gasteiger partial charge in [-0.25, -0.2) is 9.97 Å². The molecule has 1 N–H and O–H groups in total. The summed E-state index contributed by atoms with van der Waals surface area (Å²) >= 11 is 0. The number of carbonyl (C=O) groups excluding carboxylic acids is 1. The number of aromatic nitrogens is 3. The second kappa shape index (κ2) is 9.77. The Bertz CT molecular complexity index is 739. The Morgan fingerprint density at radius 1 is 1.22 bits per heavy atom. The Morgan fingerprint density at radius 2 is 2.00 bits per heavy atom. The van der Waals surface area contributed by atoms with Crippen molar-refractivity contribution in [3.05, 3.63) is 24.2 Å². The summed E-state index contributed by atoms with van der Waals surface area (Å²) in [5.74, 6) is 1.13. The summed E-state index contributed by atoms with van der Waals surface area (Å²) in [7, 11) is 0. The van der Waals surface area contributed by atoms with E-state index in [0.29, 0.717) is 26.3 Å². The normalized spacial score (nSPS) is 16.1. The molecule has 0 saturated carbocycles. The van der Waals surface area contributed by atoms with Crippen molar-refractivity contribution < 1.29 is 9.53 Å². The Kier molecular flexibility index (Phi) is 7.14. The third kappa shape index (κ3) is 5.24. The number of likely N-dealkylation sites (N-methyl/N-ethyl adjacent to an activating group) is 1. The summed E-state index contributed by atoms with van der Waals surface area (Å²) in [6.07, 6.45) is 1.81. The maximum atomic E-state index is 11.8. The highest BCUT2D eigenvalue weighted by Crippen LogP contribution is 2.16. The molecule has 8 heteroatoms. The topological polar surface area (TPSA) is 75.5 Å². The van der Waals surface area contributed by atoms with Crippen molar-refractivity contribution in [3.63, 3.8) is 0 Å². The van der Waals surface area contributed by atoms with Crippen molar-refractivity contribution in [2.45, 2.75) is 26.9 Å². The van der Waals surface area contributed by atoms with Crippen molar-refractivity contribution in [1.29, 1.82) is 0 Å². The molecule has 148 valence electrons. The molecular weight excluding hydrogens is 344 g/mol. The van der Waals surface area contributed by atoms with Gasteiger partial charge in [0.15, 0.2) is 5.65 Å². The first-order chi connectivity index (χ1) is 13.2. The second-order valence-electron chi connectivity index (χ2n) is 6.73. The lowest BCUT2D eigenvalue weighted by Crippen LogP contribution is -2.49. The van der Waals surface area contributed by atoms with Crippen LogP contribution in [0.5, 0.6) is 0 Å². The van der Waals surface area contributed by atoms with Gasteiger partial charge in [-0.3, -0.25) is 14.6 Å². The van der Waals surface area contributed by atoms with Crippen LogP contribution < -0.4 is 5.32 Å². The van der Waals surface area contributed by atoms with E-state index in [9.17, 15) is 4.79 Å². The molecule has 0 atom stereocenters. The Balaban J connectivity index is 1.61. The van der Waals surface area contributed by atoms with Crippen LogP contribution in [-0.4, -0.2) is 82.7 Å². The van der Waals surface area contributed by atoms with Crippen LogP contribution in [0.1, 0.15) is 19.7 Å². The predicted octanol–water partition coefficient (Wildman–Crippen LogP) is 0.722. The van der Waals surface area contributed by atoms with Crippen molar-refractivity contribution in [1.82, 2.24) is 29.7 Å². The largest absolute Gasteiger partial charge is 0.380 e. The lowest BCUT2D eigenvalue weighted by atomic mass is 10.3. The standard InChI is InChI=1S/C19H30N6O2/c1-3-20-18(26)15-24-10-8-23(9-11-24)14-17-22-16-6-5-7-21-19(16)25(17)12-13-27-4-2/h5-7H,3-4,8-15H2,1-2H3,(H,20,26). The van der Waals surface area contributed by atoms with Crippen molar-refractivity contribution in [2.75, 3.05) is 52.5 Å². The molecule has 1 aliphatic heterocycles. The third-order valence-electron chi connectivity index (χ3n) is 4.82. The molecule has 0 bridgehead atoms. The van der Waals surface area contributed by atoms with E-state index in [0.717, 1.165) is 56.3 Å². The number of rotatable bonds is 9. The monoisotopic (exact) mass is 374 g/mol. The van der Waals surface area contributed by atoms with Crippen molar-refractivity contribution >= 4 is 17.1 Å². The van der Waals surface area contributed by atoms with Crippen LogP contribution in [0, 0.1) is 0 Å². The van der Waals surface area contributed by atoms with E-state index in [2.05, 4.69) is 24.7 Å². The van der Waals surface area contributed by atoms with Gasteiger partial charge in [0, 0.05) is 52.1 Å². The maximum absolute atomic E-state index is 11.8. The summed E-state index contributed by atoms with van der Waals surface area (Å²) < 4.78 is 7.71. The minimum atomic E-state index is 0.106. The molecule has 3 heterocycles. The van der Waals surface area contributed by atoms with Gasteiger partial charge in [-0.05, 0) is 26.0 Å². The third-order valence-corrected chi connectivity index (χ3v) is 4.82. The molecule has 8 nitrogen and oxygen atoms in total. The van der Waals surface area contributed by atoms with Gasteiger partial charge in [0.05, 0.1) is 19.7 Å². The number of nitrogens with zero attached hydrogens (tertiary/aromatic N) is 5. The first-order valence-electron chi connectivity index (χ1n) is 9.80. The van der Waals surface area contributed by atoms with Gasteiger partial charge in [0.25, 0.3) is 0 Å². The highest BCUT2D eigenvalue weighted by molar-refractivity contribution is 5.77. The Hall–Kier alpha value is -2.03. The molecule has 2 aromatic heterocycles. The average Bonchev–Trinajstić information content (AvgIpc) is 3.01. The van der Waals surface area contributed by atoms with Crippen molar-refractivity contribution in [2.24, 2.45) is 0 Å². The fourth-order valence-corrected chi connectivity index (χ4v) is 3.42. The van der Waals surface area contributed by atoms with Gasteiger partial charge in [0.1, 0.15) is 11.3 Å². The summed E-state index contributed by atoms with van der Waals surface area (Å²) in [5, 5.41) is 2.86. The lowest BCUT2D eigenvalue weighted by Gasteiger charge is -2.34. The summed E-state index contributed by atoms with van der Waals surface area (Å²) in [6, 6.07) is 3.93. The second-order valence-corrected chi connectivity index (χ2v) is 6.73. The van der Waals surface area contributed by atoms with E-state index in [1.165, 1.54) is 0 Å². The minimum Gasteiger partial charge on any atom is -0.380 e. The molecule has 0 radical (unpaired) electrons. The van der Waals surface area contributed by atoms with E-state index in [1.54, 1.807) is 0 Å². The summed E-state index contributed by atoms with van der Waals surface area (Å²) in [5.41, 5.74) is 1.85. The van der Waals surface area contributed by atoms with Crippen LogP contribution in [-0.2, 0) is 22.6 Å². The zero-order valence-corrected chi connectivity index (χ0v) is 16.4. The van der Waals surface area contributed by atoms with Gasteiger partial charge in [-0.15, -0.1) is 0 Å². The predicted molar refractivity (Wildman–Crippen MR) is 104 cm³/mol. The molecule has 27 heavy (non-hydrogen) atoms. The summed E-state index contributed by atoms with van der Waals surface area (Å²) in [4.78, 5) is 25.7. The van der Waals surface area contributed by atoms with Crippen LogP contribution in [0.3, 0.4) is 0 Å². The van der Waals surface area contributed by atoms with Crippen LogP contribution in [0.15, 0.2) is 18.3 Å². The first-order valence-corrected chi connectivity index (χ1v) is 9.80. The highest BCUT2D eigenvalue weighted by Gasteiger charge is 2.21. The zero-order valence-electron chi connectivity index (χ0n) is 16.4. The molecule has 0 spiro atoms. The highest BCUT2D eigenvalue weighted by atomic mass is 16.5. The fraction of sp³-hybridized carbons (Fsp3) is 0.632. The number of pyridine rings is 1. The molecule has 0 unspecified atom stereocenters. The van der Waals surface area contributed by atoms with Crippen LogP contribution in [0.25, 0.3) is 11.2 Å². The lowest BCUT2D eigenvalue weighted by molar-refractivity contribution is -0.122. The van der Waals surface area contributed by atoms with E-state index in [-0.39, 0.29) is 5.91 Å². The minimum absolute atomic E-state index is 0.106. The molecule has 1 saturated heterocycles. The molecule has 2 aromatic rings. The molecule has 1 aliphatic rings. The van der Waals surface area contributed by atoms with E-state index in [1.807, 2.05) is 32.2 Å². The Morgan fingerprint density at radius 3 is 2.74 bits per heavy atom. The average molecular weight is 374 g/mol. The summed E-state index contributed by atoms with van der Waals surface area (Å²) in [6.45, 7) is 11.7. The number of hydrogen-bond acceptors (Lipinski definition) is 6. The van der Waals surface area contributed by atoms with Gasteiger partial charge >= 0.3 is 0 Å². The number of imidazole rings is 1. The quantitative estimate of drug-likeness (QED) is 0.652. The van der Waals surface area contributed by atoms with E-state index >= 15 is 0 Å². The van der Waals surface area contributed by atoms with Crippen LogP contribution in [0.4, 0.5) is 0 Å². The fourth-order valence-electron chi connectivity index (χ4n) is 3.42. The number of hydrogen-bond donors (Lipinski definition) is 1. The van der Waals surface area contributed by atoms with Gasteiger partial charge < -0.3 is 14.6 Å². The van der Waals surface area contributed by atoms with Gasteiger partial charge in [-0.1, -0.05) is 0 Å². The van der Waals surface area contributed by atoms with Gasteiger partial charge in [-0.2, -0.15) is 0 Å². The number of carbonyl (C=O) groups is 1. The SMILES string of the molecule is CCNC(=O)CN1CCN(Cc2nc3cccnc3n2CCOCC)CC1. The number of ether oxygens (including phenoxy) is 1. The Labute approximate surface area is 160 Å². The van der Waals surface area contributed by atoms with E-state index in [4.69, 9.17) is 9.72 Å². The van der Waals surface area contributed by atoms with Crippen LogP contribution in [0.2, 0.25) is 0 Å². The van der Waals surface area contributed by atoms with Crippen molar-refractivity contribution in [3.8, 4) is 0 Å². The molecule has 3 rings (SSSR count). The molecule has 1 amide bonds. The first kappa shape index (κ1) is 19.7. The molecule has 1 fully saturated rings. The van der Waals surface area contributed by atoms with E-state index < -0.39 is 0 Å². The number of amides is 1. The number of nitrogens with one attached hydrogen (secondary N) is 1. The number of piperazine rings is 1. The molecular formula is C19H30N6O2. The number of fused-ring (bicyclic) bond motifs is 1. The molecule has 0 aromatic carbocycles. The maximum Gasteiger partial charge on any atom is 0.234 e. The smallest absolute Gasteiger partial charge is 0.234 e. The zero-order chi connectivity index (χ0) is 19.1. The van der Waals surface area contributed by atoms with Gasteiger partial charge in [0.2, 0.25) is 5.91 Å².